The second-order valence-corrected chi connectivity index (χ2v) is 5.73. The highest BCUT2D eigenvalue weighted by molar-refractivity contribution is 5.75. The van der Waals surface area contributed by atoms with Crippen LogP contribution in [0, 0.1) is 0 Å². The van der Waals surface area contributed by atoms with Crippen molar-refractivity contribution in [2.45, 2.75) is 13.0 Å². The van der Waals surface area contributed by atoms with Gasteiger partial charge in [0.15, 0.2) is 17.3 Å². The standard InChI is InChI=1S/C17H17N9/c1-10(24-16-13(18)14(19)22-9-23-16)17-25-15-11(5-4-8-21-15)26(17)12-6-2-3-7-20-12/h2-10H,18H2,1H3,(H3,19,22,23,24)/t10-/m1/s1. The number of nitrogens with one attached hydrogen (secondary N) is 1. The number of aromatic nitrogens is 6. The van der Waals surface area contributed by atoms with Crippen LogP contribution in [0.2, 0.25) is 0 Å². The molecule has 0 aromatic carbocycles. The summed E-state index contributed by atoms with van der Waals surface area (Å²) in [5.74, 6) is 2.17. The van der Waals surface area contributed by atoms with E-state index in [9.17, 15) is 0 Å². The first kappa shape index (κ1) is 15.8. The summed E-state index contributed by atoms with van der Waals surface area (Å²) in [6.45, 7) is 1.96. The summed E-state index contributed by atoms with van der Waals surface area (Å²) >= 11 is 0. The van der Waals surface area contributed by atoms with Gasteiger partial charge in [-0.1, -0.05) is 6.07 Å². The van der Waals surface area contributed by atoms with E-state index in [0.29, 0.717) is 17.2 Å². The molecule has 9 heteroatoms. The summed E-state index contributed by atoms with van der Waals surface area (Å²) in [5, 5.41) is 3.24. The van der Waals surface area contributed by atoms with Crippen molar-refractivity contribution in [3.05, 3.63) is 54.9 Å². The fourth-order valence-corrected chi connectivity index (χ4v) is 2.74. The zero-order valence-corrected chi connectivity index (χ0v) is 14.0. The van der Waals surface area contributed by atoms with Crippen LogP contribution in [0.15, 0.2) is 49.1 Å². The molecule has 4 aromatic rings. The molecule has 0 unspecified atom stereocenters. The monoisotopic (exact) mass is 347 g/mol. The molecule has 4 heterocycles. The van der Waals surface area contributed by atoms with Crippen molar-refractivity contribution in [3.8, 4) is 5.82 Å². The predicted molar refractivity (Wildman–Crippen MR) is 99.6 cm³/mol. The molecule has 0 amide bonds. The van der Waals surface area contributed by atoms with E-state index < -0.39 is 0 Å². The van der Waals surface area contributed by atoms with Gasteiger partial charge in [-0.25, -0.2) is 24.9 Å². The fourth-order valence-electron chi connectivity index (χ4n) is 2.74. The van der Waals surface area contributed by atoms with Crippen molar-refractivity contribution in [2.75, 3.05) is 16.8 Å². The van der Waals surface area contributed by atoms with Gasteiger partial charge in [-0.3, -0.25) is 4.57 Å². The zero-order valence-electron chi connectivity index (χ0n) is 14.0. The molecule has 1 atom stereocenters. The third-order valence-electron chi connectivity index (χ3n) is 3.99. The van der Waals surface area contributed by atoms with E-state index in [1.807, 2.05) is 41.8 Å². The SMILES string of the molecule is C[C@@H](Nc1ncnc(N)c1N)c1nc2ncccc2n1-c1ccccn1. The van der Waals surface area contributed by atoms with Gasteiger partial charge in [-0.15, -0.1) is 0 Å². The van der Waals surface area contributed by atoms with Gasteiger partial charge in [0.1, 0.15) is 23.7 Å². The Kier molecular flexibility index (Phi) is 3.81. The van der Waals surface area contributed by atoms with E-state index in [4.69, 9.17) is 11.5 Å². The highest BCUT2D eigenvalue weighted by atomic mass is 15.2. The highest BCUT2D eigenvalue weighted by Crippen LogP contribution is 2.27. The molecule has 0 radical (unpaired) electrons. The van der Waals surface area contributed by atoms with Gasteiger partial charge in [0.05, 0.1) is 11.6 Å². The van der Waals surface area contributed by atoms with Crippen LogP contribution in [0.25, 0.3) is 17.0 Å². The van der Waals surface area contributed by atoms with Gasteiger partial charge in [-0.2, -0.15) is 0 Å². The van der Waals surface area contributed by atoms with Gasteiger partial charge >= 0.3 is 0 Å². The van der Waals surface area contributed by atoms with Crippen LogP contribution in [0.4, 0.5) is 17.3 Å². The third-order valence-corrected chi connectivity index (χ3v) is 3.99. The average Bonchev–Trinajstić information content (AvgIpc) is 3.06. The summed E-state index contributed by atoms with van der Waals surface area (Å²) in [7, 11) is 0. The van der Waals surface area contributed by atoms with Crippen molar-refractivity contribution in [1.29, 1.82) is 0 Å². The summed E-state index contributed by atoms with van der Waals surface area (Å²) in [6, 6.07) is 9.30. The van der Waals surface area contributed by atoms with E-state index in [-0.39, 0.29) is 11.9 Å². The Morgan fingerprint density at radius 2 is 1.85 bits per heavy atom. The van der Waals surface area contributed by atoms with E-state index in [2.05, 4.69) is 30.2 Å². The van der Waals surface area contributed by atoms with Crippen molar-refractivity contribution in [1.82, 2.24) is 29.5 Å². The van der Waals surface area contributed by atoms with Crippen LogP contribution in [-0.2, 0) is 0 Å². The molecule has 0 aliphatic rings. The van der Waals surface area contributed by atoms with E-state index in [0.717, 1.165) is 17.2 Å². The van der Waals surface area contributed by atoms with Crippen molar-refractivity contribution in [2.24, 2.45) is 0 Å². The fraction of sp³-hybridized carbons (Fsp3) is 0.118. The minimum atomic E-state index is -0.234. The quantitative estimate of drug-likeness (QED) is 0.510. The number of nitrogen functional groups attached to an aromatic ring is 2. The van der Waals surface area contributed by atoms with Crippen LogP contribution < -0.4 is 16.8 Å². The number of anilines is 3. The van der Waals surface area contributed by atoms with Crippen LogP contribution in [0.1, 0.15) is 18.8 Å². The maximum atomic E-state index is 5.97. The summed E-state index contributed by atoms with van der Waals surface area (Å²) in [6.07, 6.45) is 4.82. The molecule has 4 rings (SSSR count). The second-order valence-electron chi connectivity index (χ2n) is 5.73. The maximum absolute atomic E-state index is 5.97. The molecular weight excluding hydrogens is 330 g/mol. The highest BCUT2D eigenvalue weighted by Gasteiger charge is 2.20. The van der Waals surface area contributed by atoms with E-state index in [1.54, 1.807) is 12.4 Å². The Bertz CT molecular complexity index is 1060. The first-order valence-corrected chi connectivity index (χ1v) is 8.02. The van der Waals surface area contributed by atoms with Crippen molar-refractivity contribution < 1.29 is 0 Å². The van der Waals surface area contributed by atoms with Crippen molar-refractivity contribution >= 4 is 28.5 Å². The number of fused-ring (bicyclic) bond motifs is 1. The van der Waals surface area contributed by atoms with Crippen LogP contribution in [-0.4, -0.2) is 29.5 Å². The van der Waals surface area contributed by atoms with Gasteiger partial charge in [0.25, 0.3) is 0 Å². The Morgan fingerprint density at radius 3 is 2.65 bits per heavy atom. The minimum absolute atomic E-state index is 0.231. The number of hydrogen-bond acceptors (Lipinski definition) is 8. The summed E-state index contributed by atoms with van der Waals surface area (Å²) in [4.78, 5) is 21.5. The minimum Gasteiger partial charge on any atom is -0.393 e. The smallest absolute Gasteiger partial charge is 0.178 e. The zero-order chi connectivity index (χ0) is 18.1. The number of nitrogens with zero attached hydrogens (tertiary/aromatic N) is 6. The molecule has 26 heavy (non-hydrogen) atoms. The molecule has 5 N–H and O–H groups in total. The first-order chi connectivity index (χ1) is 12.6. The third kappa shape index (κ3) is 2.65. The second kappa shape index (κ2) is 6.28. The molecular formula is C17H17N9. The molecule has 0 spiro atoms. The summed E-state index contributed by atoms with van der Waals surface area (Å²) < 4.78 is 1.96. The molecule has 0 bridgehead atoms. The lowest BCUT2D eigenvalue weighted by molar-refractivity contribution is 0.760. The largest absolute Gasteiger partial charge is 0.393 e. The Balaban J connectivity index is 1.82. The predicted octanol–water partition coefficient (Wildman–Crippen LogP) is 1.94. The van der Waals surface area contributed by atoms with Gasteiger partial charge in [0, 0.05) is 12.4 Å². The number of rotatable bonds is 4. The van der Waals surface area contributed by atoms with E-state index in [1.165, 1.54) is 6.33 Å². The number of nitrogens with two attached hydrogens (primary N) is 2. The van der Waals surface area contributed by atoms with Gasteiger partial charge in [-0.05, 0) is 31.2 Å². The van der Waals surface area contributed by atoms with Crippen LogP contribution >= 0.6 is 0 Å². The summed E-state index contributed by atoms with van der Waals surface area (Å²) in [5.41, 5.74) is 13.5. The topological polar surface area (TPSA) is 133 Å². The lowest BCUT2D eigenvalue weighted by Gasteiger charge is -2.17. The number of hydrogen-bond donors (Lipinski definition) is 3. The van der Waals surface area contributed by atoms with Crippen molar-refractivity contribution in [3.63, 3.8) is 0 Å². The van der Waals surface area contributed by atoms with Crippen LogP contribution in [0.5, 0.6) is 0 Å². The Morgan fingerprint density at radius 1 is 1.00 bits per heavy atom. The normalized spacial score (nSPS) is 12.2. The van der Waals surface area contributed by atoms with E-state index >= 15 is 0 Å². The Hall–Kier alpha value is -3.75. The van der Waals surface area contributed by atoms with Crippen LogP contribution in [0.3, 0.4) is 0 Å². The van der Waals surface area contributed by atoms with Gasteiger partial charge < -0.3 is 16.8 Å². The van der Waals surface area contributed by atoms with Gasteiger partial charge in [0.2, 0.25) is 0 Å². The molecule has 0 aliphatic carbocycles. The maximum Gasteiger partial charge on any atom is 0.178 e. The lowest BCUT2D eigenvalue weighted by Crippen LogP contribution is -2.16. The molecule has 0 saturated carbocycles. The molecule has 0 fully saturated rings. The molecule has 0 saturated heterocycles. The lowest BCUT2D eigenvalue weighted by atomic mass is 10.3. The number of pyridine rings is 2. The molecule has 0 aliphatic heterocycles. The molecule has 4 aromatic heterocycles. The molecule has 130 valence electrons. The first-order valence-electron chi connectivity index (χ1n) is 8.02. The Labute approximate surface area is 149 Å². The number of imidazole rings is 1. The average molecular weight is 347 g/mol. The molecule has 9 nitrogen and oxygen atoms in total.